The van der Waals surface area contributed by atoms with Crippen molar-refractivity contribution < 1.29 is 8.83 Å². The highest BCUT2D eigenvalue weighted by atomic mass is 16.4. The van der Waals surface area contributed by atoms with Gasteiger partial charge in [-0.25, -0.2) is 4.79 Å². The van der Waals surface area contributed by atoms with E-state index in [1.54, 1.807) is 12.3 Å². The second kappa shape index (κ2) is 3.71. The molecule has 92 valence electrons. The van der Waals surface area contributed by atoms with Gasteiger partial charge in [0.15, 0.2) is 0 Å². The molecule has 2 N–H and O–H groups in total. The molecule has 2 heterocycles. The Balaban J connectivity index is 2.67. The maximum absolute atomic E-state index is 11.4. The van der Waals surface area contributed by atoms with Crippen molar-refractivity contribution in [2.24, 2.45) is 5.73 Å². The average molecular weight is 243 g/mol. The molecule has 0 bridgehead atoms. The van der Waals surface area contributed by atoms with Crippen molar-refractivity contribution in [2.75, 3.05) is 0 Å². The minimum Gasteiger partial charge on any atom is -0.464 e. The summed E-state index contributed by atoms with van der Waals surface area (Å²) in [6.45, 7) is 4.33. The van der Waals surface area contributed by atoms with Gasteiger partial charge in [0.25, 0.3) is 0 Å². The van der Waals surface area contributed by atoms with Crippen LogP contribution in [0.3, 0.4) is 0 Å². The van der Waals surface area contributed by atoms with Crippen LogP contribution in [0.4, 0.5) is 0 Å². The highest BCUT2D eigenvalue weighted by Crippen LogP contribution is 2.34. The lowest BCUT2D eigenvalue weighted by atomic mass is 10.00. The number of rotatable bonds is 1. The van der Waals surface area contributed by atoms with Crippen molar-refractivity contribution in [3.63, 3.8) is 0 Å². The third-order valence-electron chi connectivity index (χ3n) is 3.45. The molecular formula is C14H13NO3. The summed E-state index contributed by atoms with van der Waals surface area (Å²) in [7, 11) is 0. The minimum atomic E-state index is -0.365. The zero-order chi connectivity index (χ0) is 12.9. The number of furan rings is 1. The van der Waals surface area contributed by atoms with E-state index in [0.717, 1.165) is 33.0 Å². The van der Waals surface area contributed by atoms with Gasteiger partial charge < -0.3 is 14.6 Å². The zero-order valence-electron chi connectivity index (χ0n) is 10.2. The normalized spacial score (nSPS) is 11.5. The van der Waals surface area contributed by atoms with Crippen LogP contribution in [-0.4, -0.2) is 0 Å². The molecule has 0 amide bonds. The van der Waals surface area contributed by atoms with Gasteiger partial charge in [0, 0.05) is 23.6 Å². The Labute approximate surface area is 103 Å². The van der Waals surface area contributed by atoms with Gasteiger partial charge >= 0.3 is 5.63 Å². The van der Waals surface area contributed by atoms with Crippen LogP contribution < -0.4 is 11.4 Å². The maximum Gasteiger partial charge on any atom is 0.336 e. The molecule has 1 aromatic carbocycles. The molecule has 3 rings (SSSR count). The molecule has 0 unspecified atom stereocenters. The first-order valence-electron chi connectivity index (χ1n) is 5.76. The van der Waals surface area contributed by atoms with Gasteiger partial charge in [0.05, 0.1) is 11.6 Å². The Morgan fingerprint density at radius 2 is 1.94 bits per heavy atom. The number of hydrogen-bond donors (Lipinski definition) is 1. The smallest absolute Gasteiger partial charge is 0.336 e. The van der Waals surface area contributed by atoms with E-state index in [2.05, 4.69) is 0 Å². The molecule has 0 saturated heterocycles. The van der Waals surface area contributed by atoms with Gasteiger partial charge in [-0.3, -0.25) is 0 Å². The number of hydrogen-bond acceptors (Lipinski definition) is 4. The number of benzene rings is 1. The van der Waals surface area contributed by atoms with Crippen molar-refractivity contribution in [1.29, 1.82) is 0 Å². The Morgan fingerprint density at radius 1 is 1.17 bits per heavy atom. The molecule has 0 atom stereocenters. The van der Waals surface area contributed by atoms with Gasteiger partial charge in [-0.05, 0) is 31.0 Å². The largest absolute Gasteiger partial charge is 0.464 e. The van der Waals surface area contributed by atoms with E-state index in [0.29, 0.717) is 12.1 Å². The van der Waals surface area contributed by atoms with Gasteiger partial charge in [0.1, 0.15) is 11.2 Å². The van der Waals surface area contributed by atoms with Crippen LogP contribution in [0.15, 0.2) is 32.0 Å². The summed E-state index contributed by atoms with van der Waals surface area (Å²) in [5.74, 6) is 0. The van der Waals surface area contributed by atoms with E-state index >= 15 is 0 Å². The molecule has 4 nitrogen and oxygen atoms in total. The molecule has 0 saturated carbocycles. The first-order chi connectivity index (χ1) is 8.63. The number of nitrogens with two attached hydrogens (primary N) is 1. The van der Waals surface area contributed by atoms with E-state index in [4.69, 9.17) is 14.6 Å². The van der Waals surface area contributed by atoms with Gasteiger partial charge in [-0.2, -0.15) is 0 Å². The lowest BCUT2D eigenvalue weighted by Gasteiger charge is -2.06. The fourth-order valence-electron chi connectivity index (χ4n) is 2.34. The summed E-state index contributed by atoms with van der Waals surface area (Å²) in [6.07, 6.45) is 1.63. The second-order valence-electron chi connectivity index (χ2n) is 4.42. The fraction of sp³-hybridized carbons (Fsp3) is 0.214. The van der Waals surface area contributed by atoms with Gasteiger partial charge in [-0.15, -0.1) is 0 Å². The molecular weight excluding hydrogens is 230 g/mol. The molecule has 0 aliphatic rings. The van der Waals surface area contributed by atoms with E-state index in [1.807, 2.05) is 13.8 Å². The van der Waals surface area contributed by atoms with Crippen LogP contribution in [-0.2, 0) is 6.54 Å². The lowest BCUT2D eigenvalue weighted by molar-refractivity contribution is 0.563. The summed E-state index contributed by atoms with van der Waals surface area (Å²) in [4.78, 5) is 11.4. The lowest BCUT2D eigenvalue weighted by Crippen LogP contribution is -1.99. The first kappa shape index (κ1) is 11.0. The van der Waals surface area contributed by atoms with Gasteiger partial charge in [0.2, 0.25) is 0 Å². The summed E-state index contributed by atoms with van der Waals surface area (Å²) in [6, 6.07) is 3.22. The Hall–Kier alpha value is -2.07. The van der Waals surface area contributed by atoms with Crippen LogP contribution in [0, 0.1) is 13.8 Å². The monoisotopic (exact) mass is 243 g/mol. The zero-order valence-corrected chi connectivity index (χ0v) is 10.2. The molecule has 4 heteroatoms. The van der Waals surface area contributed by atoms with E-state index in [-0.39, 0.29) is 5.63 Å². The molecule has 0 radical (unpaired) electrons. The van der Waals surface area contributed by atoms with Crippen LogP contribution >= 0.6 is 0 Å². The number of aryl methyl sites for hydroxylation is 2. The quantitative estimate of drug-likeness (QED) is 0.667. The Kier molecular flexibility index (Phi) is 2.28. The van der Waals surface area contributed by atoms with Crippen molar-refractivity contribution in [3.8, 4) is 0 Å². The van der Waals surface area contributed by atoms with Crippen LogP contribution in [0.5, 0.6) is 0 Å². The van der Waals surface area contributed by atoms with Crippen LogP contribution in [0.25, 0.3) is 21.9 Å². The first-order valence-corrected chi connectivity index (χ1v) is 5.76. The minimum absolute atomic E-state index is 0.350. The summed E-state index contributed by atoms with van der Waals surface area (Å²) < 4.78 is 10.9. The van der Waals surface area contributed by atoms with Crippen LogP contribution in [0.1, 0.15) is 16.7 Å². The van der Waals surface area contributed by atoms with Crippen molar-refractivity contribution in [2.45, 2.75) is 20.4 Å². The molecule has 0 fully saturated rings. The molecule has 0 spiro atoms. The van der Waals surface area contributed by atoms with Crippen LogP contribution in [0.2, 0.25) is 0 Å². The third kappa shape index (κ3) is 1.32. The topological polar surface area (TPSA) is 69.4 Å². The van der Waals surface area contributed by atoms with E-state index in [1.165, 1.54) is 6.07 Å². The summed E-state index contributed by atoms with van der Waals surface area (Å²) in [5, 5.41) is 1.74. The maximum atomic E-state index is 11.4. The standard InChI is InChI=1S/C14H13NO3/c1-7-8(2)13-12(9(5-15)6-17-13)14-10(7)3-4-11(16)18-14/h3-4,6H,5,15H2,1-2H3. The molecule has 3 aromatic rings. The average Bonchev–Trinajstić information content (AvgIpc) is 2.79. The summed E-state index contributed by atoms with van der Waals surface area (Å²) >= 11 is 0. The molecule has 2 aromatic heterocycles. The predicted octanol–water partition coefficient (Wildman–Crippen LogP) is 2.61. The van der Waals surface area contributed by atoms with Crippen molar-refractivity contribution in [3.05, 3.63) is 45.5 Å². The summed E-state index contributed by atoms with van der Waals surface area (Å²) in [5.41, 5.74) is 9.60. The fourth-order valence-corrected chi connectivity index (χ4v) is 2.34. The third-order valence-corrected chi connectivity index (χ3v) is 3.45. The van der Waals surface area contributed by atoms with E-state index < -0.39 is 0 Å². The Morgan fingerprint density at radius 3 is 2.67 bits per heavy atom. The Bertz CT molecular complexity index is 811. The predicted molar refractivity (Wildman–Crippen MR) is 69.6 cm³/mol. The number of fused-ring (bicyclic) bond motifs is 3. The second-order valence-corrected chi connectivity index (χ2v) is 4.42. The molecule has 18 heavy (non-hydrogen) atoms. The SMILES string of the molecule is Cc1c(C)c2occ(CN)c2c2oc(=O)ccc12. The van der Waals surface area contributed by atoms with Crippen molar-refractivity contribution >= 4 is 21.9 Å². The van der Waals surface area contributed by atoms with Gasteiger partial charge in [-0.1, -0.05) is 0 Å². The highest BCUT2D eigenvalue weighted by Gasteiger charge is 2.16. The van der Waals surface area contributed by atoms with E-state index in [9.17, 15) is 4.79 Å². The highest BCUT2D eigenvalue weighted by molar-refractivity contribution is 6.07. The van der Waals surface area contributed by atoms with Crippen molar-refractivity contribution in [1.82, 2.24) is 0 Å². The molecule has 0 aliphatic carbocycles. The molecule has 0 aliphatic heterocycles.